The molecular weight excluding hydrogens is 328 g/mol. The molecule has 0 spiro atoms. The van der Waals surface area contributed by atoms with Gasteiger partial charge in [0.15, 0.2) is 5.82 Å². The molecule has 26 heavy (non-hydrogen) atoms. The van der Waals surface area contributed by atoms with Crippen LogP contribution in [0.5, 0.6) is 0 Å². The van der Waals surface area contributed by atoms with E-state index in [9.17, 15) is 0 Å². The summed E-state index contributed by atoms with van der Waals surface area (Å²) in [5.41, 5.74) is 7.97. The number of rotatable bonds is 7. The molecule has 1 aromatic carbocycles. The molecule has 5 N–H and O–H groups in total. The summed E-state index contributed by atoms with van der Waals surface area (Å²) in [7, 11) is 0. The van der Waals surface area contributed by atoms with Crippen LogP contribution < -0.4 is 21.7 Å². The monoisotopic (exact) mass is 350 g/mol. The molecule has 0 saturated carbocycles. The molecule has 3 rings (SSSR count). The number of benzene rings is 1. The molecule has 1 aromatic heterocycles. The molecule has 0 bridgehead atoms. The quantitative estimate of drug-likeness (QED) is 0.564. The molecule has 0 atom stereocenters. The van der Waals surface area contributed by atoms with Crippen LogP contribution >= 0.6 is 0 Å². The second-order valence-corrected chi connectivity index (χ2v) is 5.98. The summed E-state index contributed by atoms with van der Waals surface area (Å²) >= 11 is 0. The van der Waals surface area contributed by atoms with Crippen LogP contribution in [0.3, 0.4) is 0 Å². The molecule has 8 nitrogen and oxygen atoms in total. The number of likely N-dealkylation sites (tertiary alicyclic amines) is 1. The number of nitrogen functional groups attached to an aromatic ring is 1. The van der Waals surface area contributed by atoms with Gasteiger partial charge in [-0.15, -0.1) is 0 Å². The molecular formula is C18H22N8. The lowest BCUT2D eigenvalue weighted by Crippen LogP contribution is -2.22. The minimum Gasteiger partial charge on any atom is -0.394 e. The average Bonchev–Trinajstić information content (AvgIpc) is 3.17. The number of nitrogens with two attached hydrogens (primary N) is 1. The molecule has 0 aliphatic carbocycles. The number of nitrogens with one attached hydrogen (secondary N) is 3. The van der Waals surface area contributed by atoms with Crippen molar-refractivity contribution in [1.82, 2.24) is 14.9 Å². The van der Waals surface area contributed by atoms with Gasteiger partial charge in [-0.1, -0.05) is 12.6 Å². The minimum absolute atomic E-state index is 0.124. The predicted molar refractivity (Wildman–Crippen MR) is 104 cm³/mol. The van der Waals surface area contributed by atoms with Gasteiger partial charge in [0.2, 0.25) is 5.95 Å². The van der Waals surface area contributed by atoms with E-state index in [0.717, 1.165) is 30.3 Å². The van der Waals surface area contributed by atoms with Crippen molar-refractivity contribution in [2.75, 3.05) is 41.3 Å². The highest BCUT2D eigenvalue weighted by atomic mass is 15.2. The van der Waals surface area contributed by atoms with Crippen molar-refractivity contribution in [3.8, 4) is 6.07 Å². The van der Waals surface area contributed by atoms with Crippen LogP contribution in [0, 0.1) is 11.3 Å². The van der Waals surface area contributed by atoms with E-state index in [4.69, 9.17) is 11.0 Å². The maximum absolute atomic E-state index is 8.67. The van der Waals surface area contributed by atoms with E-state index in [0.29, 0.717) is 17.5 Å². The van der Waals surface area contributed by atoms with E-state index < -0.39 is 0 Å². The smallest absolute Gasteiger partial charge is 0.229 e. The summed E-state index contributed by atoms with van der Waals surface area (Å²) in [6.07, 6.45) is 3.92. The second kappa shape index (κ2) is 8.07. The van der Waals surface area contributed by atoms with Gasteiger partial charge in [-0.05, 0) is 31.0 Å². The molecule has 0 radical (unpaired) electrons. The van der Waals surface area contributed by atoms with Crippen LogP contribution in [-0.2, 0) is 0 Å². The maximum atomic E-state index is 8.67. The molecule has 2 aromatic rings. The van der Waals surface area contributed by atoms with Crippen LogP contribution in [0.4, 0.5) is 28.8 Å². The van der Waals surface area contributed by atoms with Gasteiger partial charge < -0.3 is 26.6 Å². The maximum Gasteiger partial charge on any atom is 0.229 e. The van der Waals surface area contributed by atoms with Crippen molar-refractivity contribution >= 4 is 28.8 Å². The van der Waals surface area contributed by atoms with Crippen LogP contribution in [0.15, 0.2) is 42.9 Å². The normalized spacial score (nSPS) is 13.1. The van der Waals surface area contributed by atoms with E-state index in [1.54, 1.807) is 0 Å². The highest BCUT2D eigenvalue weighted by molar-refractivity contribution is 5.66. The fourth-order valence-corrected chi connectivity index (χ4v) is 2.75. The van der Waals surface area contributed by atoms with Gasteiger partial charge in [0.05, 0.1) is 23.8 Å². The first-order valence-corrected chi connectivity index (χ1v) is 8.47. The largest absolute Gasteiger partial charge is 0.394 e. The van der Waals surface area contributed by atoms with Crippen molar-refractivity contribution in [1.29, 1.82) is 5.26 Å². The summed E-state index contributed by atoms with van der Waals surface area (Å²) < 4.78 is 0. The fourth-order valence-electron chi connectivity index (χ4n) is 2.75. The third kappa shape index (κ3) is 4.33. The Morgan fingerprint density at radius 3 is 2.85 bits per heavy atom. The first-order chi connectivity index (χ1) is 12.7. The van der Waals surface area contributed by atoms with E-state index in [1.165, 1.54) is 19.0 Å². The third-order valence-electron chi connectivity index (χ3n) is 4.05. The third-order valence-corrected chi connectivity index (χ3v) is 4.05. The molecule has 2 heterocycles. The average molecular weight is 350 g/mol. The Bertz CT molecular complexity index is 820. The SMILES string of the molecule is C=C(Nc1cccc(Nc2ncc(N)c(NCC#N)n2)c1)N1CCCC1. The lowest BCUT2D eigenvalue weighted by Gasteiger charge is -2.21. The Hall–Kier alpha value is -3.47. The summed E-state index contributed by atoms with van der Waals surface area (Å²) in [6, 6.07) is 9.80. The Kier molecular flexibility index (Phi) is 5.39. The molecule has 8 heteroatoms. The van der Waals surface area contributed by atoms with Crippen molar-refractivity contribution in [2.45, 2.75) is 12.8 Å². The van der Waals surface area contributed by atoms with Crippen molar-refractivity contribution in [3.05, 3.63) is 42.9 Å². The van der Waals surface area contributed by atoms with Crippen LogP contribution in [0.1, 0.15) is 12.8 Å². The minimum atomic E-state index is 0.124. The summed E-state index contributed by atoms with van der Waals surface area (Å²) in [5, 5.41) is 18.0. The second-order valence-electron chi connectivity index (χ2n) is 5.98. The Morgan fingerprint density at radius 1 is 1.31 bits per heavy atom. The lowest BCUT2D eigenvalue weighted by atomic mass is 10.2. The van der Waals surface area contributed by atoms with Crippen molar-refractivity contribution < 1.29 is 0 Å². The molecule has 1 fully saturated rings. The van der Waals surface area contributed by atoms with E-state index >= 15 is 0 Å². The first kappa shape index (κ1) is 17.4. The molecule has 0 unspecified atom stereocenters. The fraction of sp³-hybridized carbons (Fsp3) is 0.278. The van der Waals surface area contributed by atoms with Gasteiger partial charge in [0, 0.05) is 24.5 Å². The van der Waals surface area contributed by atoms with Gasteiger partial charge in [-0.2, -0.15) is 10.2 Å². The van der Waals surface area contributed by atoms with Crippen molar-refractivity contribution in [2.24, 2.45) is 0 Å². The zero-order chi connectivity index (χ0) is 18.4. The van der Waals surface area contributed by atoms with Crippen LogP contribution in [0.25, 0.3) is 0 Å². The highest BCUT2D eigenvalue weighted by Crippen LogP contribution is 2.23. The number of nitriles is 1. The highest BCUT2D eigenvalue weighted by Gasteiger charge is 2.13. The van der Waals surface area contributed by atoms with Gasteiger partial charge >= 0.3 is 0 Å². The Morgan fingerprint density at radius 2 is 2.08 bits per heavy atom. The van der Waals surface area contributed by atoms with E-state index in [2.05, 4.69) is 37.4 Å². The van der Waals surface area contributed by atoms with Gasteiger partial charge in [-0.25, -0.2) is 4.98 Å². The van der Waals surface area contributed by atoms with E-state index in [1.807, 2.05) is 30.3 Å². The molecule has 1 saturated heterocycles. The number of hydrogen-bond acceptors (Lipinski definition) is 8. The zero-order valence-corrected chi connectivity index (χ0v) is 14.5. The molecule has 134 valence electrons. The van der Waals surface area contributed by atoms with Gasteiger partial charge in [0.1, 0.15) is 6.54 Å². The zero-order valence-electron chi connectivity index (χ0n) is 14.5. The first-order valence-electron chi connectivity index (χ1n) is 8.47. The Balaban J connectivity index is 1.68. The van der Waals surface area contributed by atoms with Crippen LogP contribution in [0.2, 0.25) is 0 Å². The number of aromatic nitrogens is 2. The Labute approximate surface area is 152 Å². The number of anilines is 5. The predicted octanol–water partition coefficient (Wildman–Crippen LogP) is 2.72. The van der Waals surface area contributed by atoms with Gasteiger partial charge in [0.25, 0.3) is 0 Å². The van der Waals surface area contributed by atoms with E-state index in [-0.39, 0.29) is 6.54 Å². The van der Waals surface area contributed by atoms with Crippen LogP contribution in [-0.4, -0.2) is 34.5 Å². The summed E-state index contributed by atoms with van der Waals surface area (Å²) in [5.74, 6) is 1.74. The lowest BCUT2D eigenvalue weighted by molar-refractivity contribution is 0.433. The topological polar surface area (TPSA) is 115 Å². The summed E-state index contributed by atoms with van der Waals surface area (Å²) in [4.78, 5) is 10.7. The number of hydrogen-bond donors (Lipinski definition) is 4. The standard InChI is InChI=1S/C18H22N8/c1-13(26-9-2-3-10-26)23-14-5-4-6-15(11-14)24-18-22-12-16(20)17(25-18)21-8-7-19/h4-6,11-12,23H,1-3,8-10,20H2,(H2,21,22,24,25). The molecule has 1 aliphatic heterocycles. The summed E-state index contributed by atoms with van der Waals surface area (Å²) in [6.45, 7) is 6.33. The van der Waals surface area contributed by atoms with Gasteiger partial charge in [-0.3, -0.25) is 0 Å². The molecule has 1 aliphatic rings. The number of nitrogens with zero attached hydrogens (tertiary/aromatic N) is 4. The van der Waals surface area contributed by atoms with Crippen molar-refractivity contribution in [3.63, 3.8) is 0 Å². The molecule has 0 amide bonds.